The third-order valence-electron chi connectivity index (χ3n) is 4.41. The van der Waals surface area contributed by atoms with Gasteiger partial charge in [-0.2, -0.15) is 9.69 Å². The monoisotopic (exact) mass is 309 g/mol. The summed E-state index contributed by atoms with van der Waals surface area (Å²) in [5, 5.41) is 0. The molecule has 0 spiro atoms. The summed E-state index contributed by atoms with van der Waals surface area (Å²) in [6.07, 6.45) is 12.6. The van der Waals surface area contributed by atoms with Crippen molar-refractivity contribution in [3.8, 4) is 0 Å². The minimum absolute atomic E-state index is 0.0880. The van der Waals surface area contributed by atoms with E-state index in [-0.39, 0.29) is 5.82 Å². The summed E-state index contributed by atoms with van der Waals surface area (Å²) in [5.74, 6) is 2.09. The lowest BCUT2D eigenvalue weighted by Crippen LogP contribution is -2.31. The highest BCUT2D eigenvalue weighted by molar-refractivity contribution is 5.46. The van der Waals surface area contributed by atoms with Gasteiger partial charge in [0.2, 0.25) is 0 Å². The zero-order chi connectivity index (χ0) is 16.8. The first-order valence-corrected chi connectivity index (χ1v) is 7.95. The molecule has 1 saturated carbocycles. The van der Waals surface area contributed by atoms with E-state index in [0.717, 1.165) is 0 Å². The lowest BCUT2D eigenvalue weighted by molar-refractivity contribution is 0.209. The van der Waals surface area contributed by atoms with E-state index in [1.807, 2.05) is 13.0 Å². The fraction of sp³-hybridized carbons (Fsp3) is 0.474. The molecule has 1 aliphatic heterocycles. The largest absolute Gasteiger partial charge is 0.526 e. The Bertz CT molecular complexity index is 629. The maximum Gasteiger partial charge on any atom is 0.526 e. The minimum Gasteiger partial charge on any atom is -0.462 e. The average Bonchev–Trinajstić information content (AvgIpc) is 2.54. The summed E-state index contributed by atoms with van der Waals surface area (Å²) in [6.45, 7) is 16.0. The summed E-state index contributed by atoms with van der Waals surface area (Å²) in [7, 11) is 4.30. The molecule has 1 aliphatic carbocycles. The van der Waals surface area contributed by atoms with E-state index < -0.39 is 0 Å². The van der Waals surface area contributed by atoms with Crippen molar-refractivity contribution in [3.63, 3.8) is 0 Å². The summed E-state index contributed by atoms with van der Waals surface area (Å²) >= 11 is 0. The molecule has 2 rings (SSSR count). The Labute approximate surface area is 139 Å². The van der Waals surface area contributed by atoms with Crippen LogP contribution in [0.15, 0.2) is 47.2 Å². The predicted molar refractivity (Wildman–Crippen MR) is 91.7 cm³/mol. The topological polar surface area (TPSA) is 21.2 Å². The van der Waals surface area contributed by atoms with Gasteiger partial charge in [0.25, 0.3) is 0 Å². The van der Waals surface area contributed by atoms with Gasteiger partial charge in [0.05, 0.1) is 5.57 Å². The van der Waals surface area contributed by atoms with Crippen molar-refractivity contribution in [2.75, 3.05) is 14.1 Å². The third-order valence-corrected chi connectivity index (χ3v) is 4.41. The van der Waals surface area contributed by atoms with Crippen LogP contribution in [0.2, 0.25) is 0 Å². The van der Waals surface area contributed by atoms with Crippen LogP contribution in [-0.2, 0) is 4.74 Å². The molecule has 23 heavy (non-hydrogen) atoms. The molecule has 1 heterocycles. The summed E-state index contributed by atoms with van der Waals surface area (Å²) in [6, 6.07) is 0.699. The average molecular weight is 309 g/mol. The van der Waals surface area contributed by atoms with Crippen molar-refractivity contribution in [1.29, 1.82) is 0 Å². The third kappa shape index (κ3) is 4.58. The molecule has 4 heteroatoms. The summed E-state index contributed by atoms with van der Waals surface area (Å²) < 4.78 is 5.69. The molecule has 0 atom stereocenters. The highest BCUT2D eigenvalue weighted by Gasteiger charge is 2.21. The zero-order valence-corrected chi connectivity index (χ0v) is 14.0. The number of rotatable bonds is 3. The maximum absolute atomic E-state index is 7.08. The van der Waals surface area contributed by atoms with Crippen molar-refractivity contribution in [1.82, 2.24) is 4.90 Å². The van der Waals surface area contributed by atoms with Crippen LogP contribution in [-0.4, -0.2) is 25.0 Å². The van der Waals surface area contributed by atoms with Crippen molar-refractivity contribution in [2.45, 2.75) is 38.6 Å². The first-order chi connectivity index (χ1) is 11.0. The summed E-state index contributed by atoms with van der Waals surface area (Å²) in [4.78, 5) is 8.87. The highest BCUT2D eigenvalue weighted by Crippen LogP contribution is 2.29. The van der Waals surface area contributed by atoms with Gasteiger partial charge in [-0.25, -0.2) is 0 Å². The van der Waals surface area contributed by atoms with Crippen molar-refractivity contribution < 1.29 is 4.74 Å². The number of hydrogen-bond acceptors (Lipinski definition) is 2. The van der Waals surface area contributed by atoms with Crippen LogP contribution >= 0.6 is 0 Å². The first-order valence-electron chi connectivity index (χ1n) is 7.95. The Balaban J connectivity index is 2.05. The van der Waals surface area contributed by atoms with E-state index in [0.29, 0.717) is 29.1 Å². The fourth-order valence-corrected chi connectivity index (χ4v) is 3.07. The van der Waals surface area contributed by atoms with E-state index in [9.17, 15) is 0 Å². The molecular formula is C19H23N3O. The zero-order valence-electron chi connectivity index (χ0n) is 14.0. The van der Waals surface area contributed by atoms with Crippen molar-refractivity contribution in [2.24, 2.45) is 5.92 Å². The molecule has 2 aliphatic rings. The molecule has 0 amide bonds. The molecular weight excluding hydrogens is 286 g/mol. The first kappa shape index (κ1) is 17.1. The Morgan fingerprint density at radius 1 is 1.17 bits per heavy atom. The lowest BCUT2D eigenvalue weighted by Gasteiger charge is -2.31. The molecule has 0 saturated heterocycles. The molecule has 0 aromatic carbocycles. The van der Waals surface area contributed by atoms with Gasteiger partial charge < -0.3 is 9.64 Å². The number of allylic oxidation sites excluding steroid dienone is 6. The molecule has 0 aromatic heterocycles. The van der Waals surface area contributed by atoms with Gasteiger partial charge in [0.1, 0.15) is 24.7 Å². The van der Waals surface area contributed by atoms with Crippen LogP contribution in [0, 0.1) is 19.1 Å². The second kappa shape index (κ2) is 7.81. The number of nitrogens with zero attached hydrogens (tertiary/aromatic N) is 3. The van der Waals surface area contributed by atoms with Gasteiger partial charge in [-0.3, -0.25) is 0 Å². The number of ether oxygens (including phenoxy) is 1. The van der Waals surface area contributed by atoms with Gasteiger partial charge >= 0.3 is 5.82 Å². The van der Waals surface area contributed by atoms with Gasteiger partial charge in [-0.05, 0) is 70.8 Å². The Morgan fingerprint density at radius 3 is 2.39 bits per heavy atom. The second-order valence-electron chi connectivity index (χ2n) is 6.30. The highest BCUT2D eigenvalue weighted by atomic mass is 16.5. The molecule has 0 aromatic rings. The van der Waals surface area contributed by atoms with E-state index in [1.54, 1.807) is 12.2 Å². The van der Waals surface area contributed by atoms with Gasteiger partial charge in [0, 0.05) is 6.04 Å². The quantitative estimate of drug-likeness (QED) is 0.714. The molecule has 0 radical (unpaired) electrons. The molecule has 0 unspecified atom stereocenters. The van der Waals surface area contributed by atoms with Crippen LogP contribution in [0.3, 0.4) is 0 Å². The van der Waals surface area contributed by atoms with Gasteiger partial charge in [-0.1, -0.05) is 6.08 Å². The van der Waals surface area contributed by atoms with E-state index in [1.165, 1.54) is 25.7 Å². The minimum atomic E-state index is 0.0880. The Morgan fingerprint density at radius 2 is 1.83 bits per heavy atom. The fourth-order valence-electron chi connectivity index (χ4n) is 3.07. The number of hydrogen-bond donors (Lipinski definition) is 0. The van der Waals surface area contributed by atoms with Crippen LogP contribution in [0.5, 0.6) is 0 Å². The summed E-state index contributed by atoms with van der Waals surface area (Å²) in [5.41, 5.74) is 0.634. The Kier molecular flexibility index (Phi) is 5.79. The molecule has 0 N–H and O–H groups in total. The normalized spacial score (nSPS) is 24.5. The van der Waals surface area contributed by atoms with E-state index in [4.69, 9.17) is 17.9 Å². The molecule has 1 fully saturated rings. The SMILES string of the molecule is [C-]#[N+]C([N+]#[C-])=C1C=C(C)OC(C=CC2CCC(N(C)C)CC2)=C1. The predicted octanol–water partition coefficient (Wildman–Crippen LogP) is 4.53. The van der Waals surface area contributed by atoms with E-state index >= 15 is 0 Å². The van der Waals surface area contributed by atoms with Crippen molar-refractivity contribution in [3.05, 3.63) is 70.1 Å². The van der Waals surface area contributed by atoms with Crippen LogP contribution in [0.4, 0.5) is 0 Å². The molecule has 4 nitrogen and oxygen atoms in total. The van der Waals surface area contributed by atoms with Gasteiger partial charge in [0.15, 0.2) is 0 Å². The lowest BCUT2D eigenvalue weighted by atomic mass is 9.85. The smallest absolute Gasteiger partial charge is 0.462 e. The second-order valence-corrected chi connectivity index (χ2v) is 6.30. The van der Waals surface area contributed by atoms with Crippen LogP contribution in [0.25, 0.3) is 9.69 Å². The van der Waals surface area contributed by atoms with Crippen LogP contribution < -0.4 is 0 Å². The van der Waals surface area contributed by atoms with Gasteiger partial charge in [-0.15, -0.1) is 0 Å². The van der Waals surface area contributed by atoms with Crippen LogP contribution in [0.1, 0.15) is 32.6 Å². The Hall–Kier alpha value is -2.30. The maximum atomic E-state index is 7.08. The standard InChI is InChI=1S/C19H23N3O/c1-14-12-16(19(20-2)21-3)13-18(23-14)11-8-15-6-9-17(10-7-15)22(4)5/h8,11-13,15,17H,6-7,9-10H2,1,4-5H3. The van der Waals surface area contributed by atoms with Crippen molar-refractivity contribution >= 4 is 0 Å². The van der Waals surface area contributed by atoms with E-state index in [2.05, 4.69) is 34.8 Å². The molecule has 0 bridgehead atoms. The molecule has 120 valence electrons.